The zero-order chi connectivity index (χ0) is 22.5. The summed E-state index contributed by atoms with van der Waals surface area (Å²) in [5.74, 6) is -0.613. The Kier molecular flexibility index (Phi) is 7.52. The molecular formula is C21H24F3NO4S. The summed E-state index contributed by atoms with van der Waals surface area (Å²) in [5.41, 5.74) is -0.358. The maximum absolute atomic E-state index is 13.0. The summed E-state index contributed by atoms with van der Waals surface area (Å²) in [4.78, 5) is 14.5. The molecular weight excluding hydrogens is 419 g/mol. The molecule has 0 fully saturated rings. The second-order valence-electron chi connectivity index (χ2n) is 6.85. The second-order valence-corrected chi connectivity index (χ2v) is 8.71. The SMILES string of the molecule is CCC(C)N(Cc1cccc(OS(=O)(=O)CC)c1)C(=O)c1cccc(C(F)(F)F)c1. The van der Waals surface area contributed by atoms with Crippen LogP contribution >= 0.6 is 0 Å². The molecule has 0 aliphatic heterocycles. The van der Waals surface area contributed by atoms with E-state index in [1.807, 2.05) is 6.92 Å². The molecule has 0 spiro atoms. The molecule has 2 rings (SSSR count). The smallest absolute Gasteiger partial charge is 0.382 e. The molecule has 0 aliphatic carbocycles. The van der Waals surface area contributed by atoms with Crippen LogP contribution in [0.3, 0.4) is 0 Å². The molecule has 0 N–H and O–H groups in total. The van der Waals surface area contributed by atoms with Crippen molar-refractivity contribution in [1.29, 1.82) is 0 Å². The molecule has 9 heteroatoms. The monoisotopic (exact) mass is 443 g/mol. The fraction of sp³-hybridized carbons (Fsp3) is 0.381. The Bertz CT molecular complexity index is 990. The van der Waals surface area contributed by atoms with Gasteiger partial charge in [0.05, 0.1) is 11.3 Å². The Morgan fingerprint density at radius 1 is 1.10 bits per heavy atom. The molecule has 0 aliphatic rings. The zero-order valence-electron chi connectivity index (χ0n) is 16.9. The van der Waals surface area contributed by atoms with Crippen molar-refractivity contribution in [2.45, 2.75) is 46.0 Å². The average molecular weight is 443 g/mol. The molecule has 2 aromatic rings. The van der Waals surface area contributed by atoms with Gasteiger partial charge in [-0.25, -0.2) is 0 Å². The molecule has 5 nitrogen and oxygen atoms in total. The van der Waals surface area contributed by atoms with Crippen LogP contribution < -0.4 is 4.18 Å². The van der Waals surface area contributed by atoms with Gasteiger partial charge in [0.1, 0.15) is 5.75 Å². The molecule has 0 heterocycles. The Morgan fingerprint density at radius 2 is 1.77 bits per heavy atom. The van der Waals surface area contributed by atoms with Gasteiger partial charge in [-0.1, -0.05) is 25.1 Å². The van der Waals surface area contributed by atoms with Crippen LogP contribution in [-0.4, -0.2) is 31.0 Å². The first-order valence-corrected chi connectivity index (χ1v) is 11.0. The van der Waals surface area contributed by atoms with Gasteiger partial charge in [-0.05, 0) is 56.2 Å². The first-order valence-electron chi connectivity index (χ1n) is 9.46. The summed E-state index contributed by atoms with van der Waals surface area (Å²) in [7, 11) is -3.70. The summed E-state index contributed by atoms with van der Waals surface area (Å²) in [6, 6.07) is 10.3. The van der Waals surface area contributed by atoms with Gasteiger partial charge < -0.3 is 9.08 Å². The summed E-state index contributed by atoms with van der Waals surface area (Å²) < 4.78 is 67.4. The van der Waals surface area contributed by atoms with E-state index in [0.29, 0.717) is 12.0 Å². The van der Waals surface area contributed by atoms with Crippen LogP contribution in [0, 0.1) is 0 Å². The number of halogens is 3. The second kappa shape index (κ2) is 9.51. The molecule has 1 amide bonds. The van der Waals surface area contributed by atoms with Crippen molar-refractivity contribution < 1.29 is 30.6 Å². The molecule has 0 bridgehead atoms. The van der Waals surface area contributed by atoms with Crippen LogP contribution in [0.25, 0.3) is 0 Å². The minimum Gasteiger partial charge on any atom is -0.382 e. The van der Waals surface area contributed by atoms with Gasteiger partial charge in [0.15, 0.2) is 0 Å². The van der Waals surface area contributed by atoms with Crippen molar-refractivity contribution in [3.8, 4) is 5.75 Å². The lowest BCUT2D eigenvalue weighted by atomic mass is 10.1. The fourth-order valence-corrected chi connectivity index (χ4v) is 3.26. The fourth-order valence-electron chi connectivity index (χ4n) is 2.74. The number of alkyl halides is 3. The number of hydrogen-bond acceptors (Lipinski definition) is 4. The highest BCUT2D eigenvalue weighted by molar-refractivity contribution is 7.87. The number of benzene rings is 2. The predicted molar refractivity (Wildman–Crippen MR) is 108 cm³/mol. The third kappa shape index (κ3) is 6.22. The van der Waals surface area contributed by atoms with Crippen LogP contribution in [-0.2, 0) is 22.8 Å². The first-order chi connectivity index (χ1) is 14.0. The summed E-state index contributed by atoms with van der Waals surface area (Å²) >= 11 is 0. The topological polar surface area (TPSA) is 63.7 Å². The highest BCUT2D eigenvalue weighted by Gasteiger charge is 2.31. The lowest BCUT2D eigenvalue weighted by Crippen LogP contribution is -2.37. The Hall–Kier alpha value is -2.55. The van der Waals surface area contributed by atoms with Crippen LogP contribution in [0.1, 0.15) is 48.7 Å². The lowest BCUT2D eigenvalue weighted by molar-refractivity contribution is -0.137. The van der Waals surface area contributed by atoms with Gasteiger partial charge >= 0.3 is 16.3 Å². The van der Waals surface area contributed by atoms with E-state index in [4.69, 9.17) is 4.18 Å². The van der Waals surface area contributed by atoms with Gasteiger partial charge in [0.2, 0.25) is 0 Å². The van der Waals surface area contributed by atoms with Gasteiger partial charge in [0.25, 0.3) is 5.91 Å². The van der Waals surface area contributed by atoms with Gasteiger partial charge in [-0.2, -0.15) is 21.6 Å². The number of carbonyl (C=O) groups is 1. The van der Waals surface area contributed by atoms with E-state index in [0.717, 1.165) is 12.1 Å². The largest absolute Gasteiger partial charge is 0.416 e. The zero-order valence-corrected chi connectivity index (χ0v) is 17.8. The van der Waals surface area contributed by atoms with Crippen LogP contribution in [0.5, 0.6) is 5.75 Å². The predicted octanol–water partition coefficient (Wildman–Crippen LogP) is 4.87. The van der Waals surface area contributed by atoms with Crippen molar-refractivity contribution in [2.75, 3.05) is 5.75 Å². The number of amides is 1. The first kappa shape index (κ1) is 23.7. The number of nitrogens with zero attached hydrogens (tertiary/aromatic N) is 1. The number of hydrogen-bond donors (Lipinski definition) is 0. The van der Waals surface area contributed by atoms with Crippen molar-refractivity contribution in [2.24, 2.45) is 0 Å². The maximum atomic E-state index is 13.0. The molecule has 1 atom stereocenters. The van der Waals surface area contributed by atoms with E-state index in [-0.39, 0.29) is 29.7 Å². The van der Waals surface area contributed by atoms with Crippen molar-refractivity contribution in [1.82, 2.24) is 4.90 Å². The standard InChI is InChI=1S/C21H24F3NO4S/c1-4-15(3)25(20(26)17-9-7-10-18(13-17)21(22,23)24)14-16-8-6-11-19(12-16)29-30(27,28)5-2/h6-13,15H,4-5,14H2,1-3H3. The van der Waals surface area contributed by atoms with E-state index < -0.39 is 27.8 Å². The van der Waals surface area contributed by atoms with Crippen LogP contribution in [0.4, 0.5) is 13.2 Å². The molecule has 30 heavy (non-hydrogen) atoms. The van der Waals surface area contributed by atoms with Gasteiger partial charge in [-0.15, -0.1) is 0 Å². The normalized spacial score (nSPS) is 13.0. The number of carbonyl (C=O) groups excluding carboxylic acids is 1. The lowest BCUT2D eigenvalue weighted by Gasteiger charge is -2.29. The summed E-state index contributed by atoms with van der Waals surface area (Å²) in [6.45, 7) is 5.21. The van der Waals surface area contributed by atoms with Gasteiger partial charge in [-0.3, -0.25) is 4.79 Å². The molecule has 164 valence electrons. The van der Waals surface area contributed by atoms with Crippen LogP contribution in [0.2, 0.25) is 0 Å². The van der Waals surface area contributed by atoms with E-state index >= 15 is 0 Å². The Balaban J connectivity index is 2.33. The molecule has 1 unspecified atom stereocenters. The quantitative estimate of drug-likeness (QED) is 0.546. The van der Waals surface area contributed by atoms with Crippen molar-refractivity contribution in [3.05, 3.63) is 65.2 Å². The molecule has 0 saturated heterocycles. The average Bonchev–Trinajstić information content (AvgIpc) is 2.70. The summed E-state index contributed by atoms with van der Waals surface area (Å²) in [6.07, 6.45) is -3.96. The summed E-state index contributed by atoms with van der Waals surface area (Å²) in [5, 5.41) is 0. The van der Waals surface area contributed by atoms with E-state index in [2.05, 4.69) is 0 Å². The molecule has 2 aromatic carbocycles. The van der Waals surface area contributed by atoms with Crippen molar-refractivity contribution >= 4 is 16.0 Å². The molecule has 0 aromatic heterocycles. The van der Waals surface area contributed by atoms with E-state index in [9.17, 15) is 26.4 Å². The third-order valence-corrected chi connectivity index (χ3v) is 5.80. The Morgan fingerprint density at radius 3 is 2.37 bits per heavy atom. The van der Waals surface area contributed by atoms with Gasteiger partial charge in [0, 0.05) is 18.2 Å². The highest BCUT2D eigenvalue weighted by atomic mass is 32.2. The highest BCUT2D eigenvalue weighted by Crippen LogP contribution is 2.30. The molecule has 0 radical (unpaired) electrons. The minimum absolute atomic E-state index is 0.0638. The van der Waals surface area contributed by atoms with E-state index in [1.54, 1.807) is 19.1 Å². The number of rotatable bonds is 8. The third-order valence-electron chi connectivity index (χ3n) is 4.65. The minimum atomic E-state index is -4.55. The maximum Gasteiger partial charge on any atom is 0.416 e. The van der Waals surface area contributed by atoms with E-state index in [1.165, 1.54) is 36.1 Å². The van der Waals surface area contributed by atoms with Crippen LogP contribution in [0.15, 0.2) is 48.5 Å². The Labute approximate surface area is 174 Å². The molecule has 0 saturated carbocycles. The van der Waals surface area contributed by atoms with Crippen molar-refractivity contribution in [3.63, 3.8) is 0 Å².